The van der Waals surface area contributed by atoms with Crippen LogP contribution in [0.25, 0.3) is 0 Å². The summed E-state index contributed by atoms with van der Waals surface area (Å²) < 4.78 is 22.7. The third-order valence-electron chi connectivity index (χ3n) is 4.08. The van der Waals surface area contributed by atoms with Gasteiger partial charge in [0.25, 0.3) is 0 Å². The van der Waals surface area contributed by atoms with Crippen molar-refractivity contribution in [1.82, 2.24) is 0 Å². The Bertz CT molecular complexity index is 632. The zero-order chi connectivity index (χ0) is 18.0. The molecule has 2 heterocycles. The third kappa shape index (κ3) is 4.34. The van der Waals surface area contributed by atoms with E-state index in [1.165, 1.54) is 6.92 Å². The topological polar surface area (TPSA) is 71.1 Å². The lowest BCUT2D eigenvalue weighted by Crippen LogP contribution is -2.51. The molecule has 1 aromatic rings. The number of thioether (sulfide) groups is 1. The lowest BCUT2D eigenvalue weighted by atomic mass is 10.1. The van der Waals surface area contributed by atoms with Crippen LogP contribution in [-0.4, -0.2) is 53.6 Å². The van der Waals surface area contributed by atoms with Gasteiger partial charge in [-0.15, -0.1) is 11.8 Å². The second-order valence-electron chi connectivity index (χ2n) is 6.55. The molecule has 0 aliphatic carbocycles. The van der Waals surface area contributed by atoms with E-state index >= 15 is 0 Å². The maximum absolute atomic E-state index is 12.2. The predicted molar refractivity (Wildman–Crippen MR) is 92.3 cm³/mol. The SMILES string of the molecule is CC(=O)O[C@H]1[C@@H]2OC(C)(C)O[C@H]2CS[C@@H]1COC(=O)c1ccccc1. The number of carbonyl (C=O) groups is 2. The maximum Gasteiger partial charge on any atom is 0.338 e. The number of hydrogen-bond acceptors (Lipinski definition) is 7. The minimum atomic E-state index is -0.718. The highest BCUT2D eigenvalue weighted by Gasteiger charge is 2.52. The van der Waals surface area contributed by atoms with Crippen LogP contribution >= 0.6 is 11.8 Å². The highest BCUT2D eigenvalue weighted by Crippen LogP contribution is 2.40. The molecule has 6 nitrogen and oxygen atoms in total. The van der Waals surface area contributed by atoms with Crippen LogP contribution in [0.1, 0.15) is 31.1 Å². The molecule has 0 bridgehead atoms. The van der Waals surface area contributed by atoms with Crippen LogP contribution in [0.5, 0.6) is 0 Å². The van der Waals surface area contributed by atoms with E-state index in [0.29, 0.717) is 11.3 Å². The normalized spacial score (nSPS) is 30.4. The van der Waals surface area contributed by atoms with Crippen molar-refractivity contribution in [2.45, 2.75) is 50.1 Å². The van der Waals surface area contributed by atoms with Gasteiger partial charge >= 0.3 is 11.9 Å². The number of ether oxygens (including phenoxy) is 4. The van der Waals surface area contributed by atoms with Crippen LogP contribution in [0.3, 0.4) is 0 Å². The standard InChI is InChI=1S/C18H22O6S/c1-11(19)22-16-14(9-21-17(20)12-7-5-4-6-8-12)25-10-13-15(16)24-18(2,3)23-13/h4-8,13-16H,9-10H2,1-3H3/t13-,14+,15+,16+/m0/s1. The van der Waals surface area contributed by atoms with Crippen molar-refractivity contribution in [2.75, 3.05) is 12.4 Å². The molecule has 0 saturated carbocycles. The quantitative estimate of drug-likeness (QED) is 0.758. The smallest absolute Gasteiger partial charge is 0.338 e. The first-order valence-electron chi connectivity index (χ1n) is 8.22. The van der Waals surface area contributed by atoms with Crippen molar-refractivity contribution >= 4 is 23.7 Å². The zero-order valence-electron chi connectivity index (χ0n) is 14.5. The molecule has 25 heavy (non-hydrogen) atoms. The third-order valence-corrected chi connectivity index (χ3v) is 5.43. The highest BCUT2D eigenvalue weighted by atomic mass is 32.2. The first kappa shape index (κ1) is 18.2. The molecule has 4 atom stereocenters. The monoisotopic (exact) mass is 366 g/mol. The average Bonchev–Trinajstić information content (AvgIpc) is 2.89. The fourth-order valence-corrected chi connectivity index (χ4v) is 4.35. The van der Waals surface area contributed by atoms with Crippen LogP contribution in [0, 0.1) is 0 Å². The number of esters is 2. The van der Waals surface area contributed by atoms with E-state index in [9.17, 15) is 9.59 Å². The lowest BCUT2D eigenvalue weighted by molar-refractivity contribution is -0.169. The zero-order valence-corrected chi connectivity index (χ0v) is 15.3. The molecule has 2 aliphatic heterocycles. The van der Waals surface area contributed by atoms with Crippen molar-refractivity contribution in [3.8, 4) is 0 Å². The number of rotatable bonds is 4. The Morgan fingerprint density at radius 2 is 1.96 bits per heavy atom. The molecule has 136 valence electrons. The van der Waals surface area contributed by atoms with Gasteiger partial charge in [0, 0.05) is 12.7 Å². The number of fused-ring (bicyclic) bond motifs is 1. The Hall–Kier alpha value is -1.57. The van der Waals surface area contributed by atoms with Gasteiger partial charge in [-0.2, -0.15) is 0 Å². The van der Waals surface area contributed by atoms with Crippen molar-refractivity contribution in [3.63, 3.8) is 0 Å². The molecular weight excluding hydrogens is 344 g/mol. The Kier molecular flexibility index (Phi) is 5.36. The first-order chi connectivity index (χ1) is 11.9. The number of benzene rings is 1. The molecule has 0 N–H and O–H groups in total. The fraction of sp³-hybridized carbons (Fsp3) is 0.556. The van der Waals surface area contributed by atoms with Gasteiger partial charge in [0.1, 0.15) is 18.8 Å². The van der Waals surface area contributed by atoms with Crippen molar-refractivity contribution < 1.29 is 28.5 Å². The molecule has 0 spiro atoms. The van der Waals surface area contributed by atoms with E-state index in [0.717, 1.165) is 0 Å². The lowest BCUT2D eigenvalue weighted by Gasteiger charge is -2.36. The molecule has 2 saturated heterocycles. The van der Waals surface area contributed by atoms with Crippen LogP contribution in [0.2, 0.25) is 0 Å². The molecule has 2 aliphatic rings. The van der Waals surface area contributed by atoms with Crippen LogP contribution < -0.4 is 0 Å². The minimum absolute atomic E-state index is 0.142. The summed E-state index contributed by atoms with van der Waals surface area (Å²) in [7, 11) is 0. The fourth-order valence-electron chi connectivity index (χ4n) is 3.09. The van der Waals surface area contributed by atoms with Crippen LogP contribution in [0.15, 0.2) is 30.3 Å². The van der Waals surface area contributed by atoms with Gasteiger partial charge in [-0.3, -0.25) is 4.79 Å². The van der Waals surface area contributed by atoms with Gasteiger partial charge < -0.3 is 18.9 Å². The van der Waals surface area contributed by atoms with E-state index in [1.807, 2.05) is 19.9 Å². The van der Waals surface area contributed by atoms with Crippen LogP contribution in [-0.2, 0) is 23.7 Å². The summed E-state index contributed by atoms with van der Waals surface area (Å²) in [5.74, 6) is -0.809. The molecule has 2 fully saturated rings. The Balaban J connectivity index is 1.67. The van der Waals surface area contributed by atoms with E-state index < -0.39 is 17.9 Å². The molecule has 0 unspecified atom stereocenters. The van der Waals surface area contributed by atoms with Gasteiger partial charge in [-0.05, 0) is 26.0 Å². The molecule has 0 amide bonds. The predicted octanol–water partition coefficient (Wildman–Crippen LogP) is 2.41. The Labute approximate surface area is 151 Å². The molecule has 1 aromatic carbocycles. The molecule has 3 rings (SSSR count). The van der Waals surface area contributed by atoms with Gasteiger partial charge in [-0.1, -0.05) is 18.2 Å². The summed E-state index contributed by atoms with van der Waals surface area (Å²) in [5, 5.41) is -0.199. The summed E-state index contributed by atoms with van der Waals surface area (Å²) in [6, 6.07) is 8.80. The van der Waals surface area contributed by atoms with Crippen molar-refractivity contribution in [3.05, 3.63) is 35.9 Å². The number of hydrogen-bond donors (Lipinski definition) is 0. The summed E-state index contributed by atoms with van der Waals surface area (Å²) >= 11 is 1.57. The molecule has 7 heteroatoms. The maximum atomic E-state index is 12.2. The first-order valence-corrected chi connectivity index (χ1v) is 9.27. The second-order valence-corrected chi connectivity index (χ2v) is 7.82. The summed E-state index contributed by atoms with van der Waals surface area (Å²) in [4.78, 5) is 23.7. The number of carbonyl (C=O) groups excluding carboxylic acids is 2. The van der Waals surface area contributed by atoms with Crippen LogP contribution in [0.4, 0.5) is 0 Å². The summed E-state index contributed by atoms with van der Waals surface area (Å²) in [5.41, 5.74) is 0.492. The van der Waals surface area contributed by atoms with Gasteiger partial charge in [-0.25, -0.2) is 4.79 Å². The van der Waals surface area contributed by atoms with E-state index in [2.05, 4.69) is 0 Å². The van der Waals surface area contributed by atoms with E-state index in [-0.39, 0.29) is 30.0 Å². The summed E-state index contributed by atoms with van der Waals surface area (Å²) in [6.07, 6.45) is -1.03. The Morgan fingerprint density at radius 3 is 2.64 bits per heavy atom. The Morgan fingerprint density at radius 1 is 1.24 bits per heavy atom. The van der Waals surface area contributed by atoms with Crippen molar-refractivity contribution in [2.24, 2.45) is 0 Å². The van der Waals surface area contributed by atoms with Gasteiger partial charge in [0.2, 0.25) is 0 Å². The van der Waals surface area contributed by atoms with Gasteiger partial charge in [0.05, 0.1) is 16.9 Å². The molecule has 0 aromatic heterocycles. The van der Waals surface area contributed by atoms with E-state index in [4.69, 9.17) is 18.9 Å². The largest absolute Gasteiger partial charge is 0.461 e. The molecular formula is C18H22O6S. The summed E-state index contributed by atoms with van der Waals surface area (Å²) in [6.45, 7) is 5.18. The van der Waals surface area contributed by atoms with Crippen molar-refractivity contribution in [1.29, 1.82) is 0 Å². The average molecular weight is 366 g/mol. The van der Waals surface area contributed by atoms with E-state index in [1.54, 1.807) is 36.0 Å². The highest BCUT2D eigenvalue weighted by molar-refractivity contribution is 8.00. The second kappa shape index (κ2) is 7.35. The molecule has 0 radical (unpaired) electrons. The van der Waals surface area contributed by atoms with Gasteiger partial charge in [0.15, 0.2) is 5.79 Å². The minimum Gasteiger partial charge on any atom is -0.461 e.